The molecule has 1 aromatic carbocycles. The molecule has 3 rings (SSSR count). The van der Waals surface area contributed by atoms with Crippen LogP contribution in [0.2, 0.25) is 0 Å². The Hall–Kier alpha value is -3.01. The van der Waals surface area contributed by atoms with Gasteiger partial charge in [0.1, 0.15) is 24.7 Å². The van der Waals surface area contributed by atoms with Crippen LogP contribution in [0.5, 0.6) is 5.75 Å². The first-order valence-electron chi connectivity index (χ1n) is 9.97. The first-order chi connectivity index (χ1) is 14.5. The van der Waals surface area contributed by atoms with E-state index in [0.717, 1.165) is 12.8 Å². The summed E-state index contributed by atoms with van der Waals surface area (Å²) in [7, 11) is 0. The van der Waals surface area contributed by atoms with Crippen molar-refractivity contribution in [3.63, 3.8) is 0 Å². The summed E-state index contributed by atoms with van der Waals surface area (Å²) in [5.41, 5.74) is 1.75. The lowest BCUT2D eigenvalue weighted by molar-refractivity contribution is 0.0894. The smallest absolute Gasteiger partial charge is 0.273 e. The highest BCUT2D eigenvalue weighted by atomic mass is 19.1. The Balaban J connectivity index is 1.85. The Morgan fingerprint density at radius 2 is 2.03 bits per heavy atom. The van der Waals surface area contributed by atoms with Gasteiger partial charge in [0.2, 0.25) is 0 Å². The van der Waals surface area contributed by atoms with Crippen LogP contribution in [-0.4, -0.2) is 65.9 Å². The largest absolute Gasteiger partial charge is 0.489 e. The zero-order valence-electron chi connectivity index (χ0n) is 17.1. The van der Waals surface area contributed by atoms with Gasteiger partial charge < -0.3 is 20.1 Å². The fourth-order valence-corrected chi connectivity index (χ4v) is 2.82. The summed E-state index contributed by atoms with van der Waals surface area (Å²) in [5, 5.41) is 13.8. The number of amides is 2. The number of carbonyl (C=O) groups is 2. The highest BCUT2D eigenvalue weighted by Gasteiger charge is 2.27. The van der Waals surface area contributed by atoms with E-state index >= 15 is 0 Å². The van der Waals surface area contributed by atoms with Crippen molar-refractivity contribution in [1.29, 1.82) is 0 Å². The summed E-state index contributed by atoms with van der Waals surface area (Å²) in [6.07, 6.45) is 1.95. The van der Waals surface area contributed by atoms with Crippen LogP contribution in [-0.2, 0) is 4.74 Å². The van der Waals surface area contributed by atoms with Gasteiger partial charge in [-0.05, 0) is 44.9 Å². The average Bonchev–Trinajstić information content (AvgIpc) is 3.47. The van der Waals surface area contributed by atoms with Gasteiger partial charge in [-0.1, -0.05) is 5.21 Å². The Bertz CT molecular complexity index is 897. The van der Waals surface area contributed by atoms with Gasteiger partial charge in [0.05, 0.1) is 18.9 Å². The number of halogens is 1. The van der Waals surface area contributed by atoms with Gasteiger partial charge in [0.25, 0.3) is 11.8 Å². The van der Waals surface area contributed by atoms with Crippen molar-refractivity contribution < 1.29 is 23.5 Å². The van der Waals surface area contributed by atoms with Crippen LogP contribution >= 0.6 is 0 Å². The maximum absolute atomic E-state index is 12.4. The van der Waals surface area contributed by atoms with Crippen LogP contribution in [0.15, 0.2) is 18.2 Å². The molecule has 9 nitrogen and oxygen atoms in total. The SMILES string of the molecule is CCNC(=O)c1ccc(-n2nnc(C(=O)NC3CC3)c2C)c(OCCOCCF)c1. The van der Waals surface area contributed by atoms with Crippen molar-refractivity contribution in [2.24, 2.45) is 0 Å². The number of ether oxygens (including phenoxy) is 2. The van der Waals surface area contributed by atoms with E-state index in [1.54, 1.807) is 25.1 Å². The molecule has 0 radical (unpaired) electrons. The minimum Gasteiger partial charge on any atom is -0.489 e. The van der Waals surface area contributed by atoms with Crippen molar-refractivity contribution in [2.75, 3.05) is 33.0 Å². The fourth-order valence-electron chi connectivity index (χ4n) is 2.82. The van der Waals surface area contributed by atoms with Crippen molar-refractivity contribution in [2.45, 2.75) is 32.7 Å². The lowest BCUT2D eigenvalue weighted by atomic mass is 10.1. The van der Waals surface area contributed by atoms with E-state index in [4.69, 9.17) is 9.47 Å². The standard InChI is InChI=1S/C20H26FN5O4/c1-3-22-19(27)14-4-7-16(17(12-14)30-11-10-29-9-8-21)26-13(2)18(24-25-26)20(28)23-15-5-6-15/h4,7,12,15H,3,5-6,8-11H2,1-2H3,(H,22,27)(H,23,28). The first-order valence-corrected chi connectivity index (χ1v) is 9.97. The third-order valence-electron chi connectivity index (χ3n) is 4.52. The highest BCUT2D eigenvalue weighted by Crippen LogP contribution is 2.26. The molecule has 0 aliphatic heterocycles. The molecule has 1 fully saturated rings. The highest BCUT2D eigenvalue weighted by molar-refractivity contribution is 5.95. The van der Waals surface area contributed by atoms with E-state index in [2.05, 4.69) is 20.9 Å². The van der Waals surface area contributed by atoms with E-state index < -0.39 is 6.67 Å². The second-order valence-electron chi connectivity index (χ2n) is 6.87. The van der Waals surface area contributed by atoms with Gasteiger partial charge in [0, 0.05) is 18.2 Å². The van der Waals surface area contributed by atoms with Crippen LogP contribution in [0, 0.1) is 6.92 Å². The van der Waals surface area contributed by atoms with Gasteiger partial charge in [-0.2, -0.15) is 0 Å². The molecule has 1 saturated carbocycles. The molecule has 1 aromatic heterocycles. The minimum absolute atomic E-state index is 0.00316. The Kier molecular flexibility index (Phi) is 7.34. The number of carbonyl (C=O) groups excluding carboxylic acids is 2. The fraction of sp³-hybridized carbons (Fsp3) is 0.500. The molecule has 0 saturated heterocycles. The van der Waals surface area contributed by atoms with Gasteiger partial charge in [-0.15, -0.1) is 5.10 Å². The Morgan fingerprint density at radius 3 is 2.73 bits per heavy atom. The summed E-state index contributed by atoms with van der Waals surface area (Å²) in [5.74, 6) is -0.116. The van der Waals surface area contributed by atoms with Crippen molar-refractivity contribution >= 4 is 11.8 Å². The molecule has 2 aromatic rings. The van der Waals surface area contributed by atoms with E-state index in [-0.39, 0.29) is 43.4 Å². The number of aromatic nitrogens is 3. The minimum atomic E-state index is -0.568. The molecule has 30 heavy (non-hydrogen) atoms. The predicted molar refractivity (Wildman–Crippen MR) is 107 cm³/mol. The lowest BCUT2D eigenvalue weighted by Crippen LogP contribution is -2.26. The van der Waals surface area contributed by atoms with Crippen LogP contribution in [0.3, 0.4) is 0 Å². The lowest BCUT2D eigenvalue weighted by Gasteiger charge is -2.14. The molecule has 1 heterocycles. The number of rotatable bonds is 11. The maximum atomic E-state index is 12.4. The third-order valence-corrected chi connectivity index (χ3v) is 4.52. The molecular weight excluding hydrogens is 393 g/mol. The topological polar surface area (TPSA) is 107 Å². The number of hydrogen-bond acceptors (Lipinski definition) is 6. The first kappa shape index (κ1) is 21.7. The molecule has 2 amide bonds. The molecule has 0 bridgehead atoms. The van der Waals surface area contributed by atoms with Crippen LogP contribution in [0.25, 0.3) is 5.69 Å². The number of hydrogen-bond donors (Lipinski definition) is 2. The van der Waals surface area contributed by atoms with Crippen LogP contribution in [0.1, 0.15) is 46.3 Å². The maximum Gasteiger partial charge on any atom is 0.273 e. The Labute approximate surface area is 173 Å². The van der Waals surface area contributed by atoms with E-state index in [1.165, 1.54) is 4.68 Å². The average molecular weight is 419 g/mol. The zero-order chi connectivity index (χ0) is 21.5. The van der Waals surface area contributed by atoms with Gasteiger partial charge in [-0.3, -0.25) is 9.59 Å². The second-order valence-corrected chi connectivity index (χ2v) is 6.87. The van der Waals surface area contributed by atoms with Crippen molar-refractivity contribution in [3.05, 3.63) is 35.2 Å². The molecular formula is C20H26FN5O4. The second kappa shape index (κ2) is 10.1. The number of benzene rings is 1. The summed E-state index contributed by atoms with van der Waals surface area (Å²) < 4.78 is 24.6. The predicted octanol–water partition coefficient (Wildman–Crippen LogP) is 1.58. The molecule has 1 aliphatic rings. The van der Waals surface area contributed by atoms with Crippen LogP contribution < -0.4 is 15.4 Å². The number of nitrogens with zero attached hydrogens (tertiary/aromatic N) is 3. The van der Waals surface area contributed by atoms with E-state index in [0.29, 0.717) is 29.2 Å². The van der Waals surface area contributed by atoms with Gasteiger partial charge >= 0.3 is 0 Å². The molecule has 0 atom stereocenters. The van der Waals surface area contributed by atoms with Gasteiger partial charge in [-0.25, -0.2) is 9.07 Å². The van der Waals surface area contributed by atoms with Crippen LogP contribution in [0.4, 0.5) is 4.39 Å². The summed E-state index contributed by atoms with van der Waals surface area (Å²) in [4.78, 5) is 24.6. The van der Waals surface area contributed by atoms with E-state index in [1.807, 2.05) is 6.92 Å². The Morgan fingerprint density at radius 1 is 1.23 bits per heavy atom. The zero-order valence-corrected chi connectivity index (χ0v) is 17.1. The van der Waals surface area contributed by atoms with E-state index in [9.17, 15) is 14.0 Å². The molecule has 0 spiro atoms. The van der Waals surface area contributed by atoms with Crippen molar-refractivity contribution in [3.8, 4) is 11.4 Å². The number of nitrogens with one attached hydrogen (secondary N) is 2. The van der Waals surface area contributed by atoms with Gasteiger partial charge in [0.15, 0.2) is 5.69 Å². The summed E-state index contributed by atoms with van der Waals surface area (Å²) >= 11 is 0. The summed E-state index contributed by atoms with van der Waals surface area (Å²) in [6, 6.07) is 5.15. The third kappa shape index (κ3) is 5.32. The molecule has 162 valence electrons. The normalized spacial score (nSPS) is 13.2. The molecule has 10 heteroatoms. The molecule has 1 aliphatic carbocycles. The monoisotopic (exact) mass is 419 g/mol. The molecule has 2 N–H and O–H groups in total. The quantitative estimate of drug-likeness (QED) is 0.536. The summed E-state index contributed by atoms with van der Waals surface area (Å²) in [6.45, 7) is 3.86. The van der Waals surface area contributed by atoms with Crippen molar-refractivity contribution in [1.82, 2.24) is 25.6 Å². The molecule has 0 unspecified atom stereocenters. The number of alkyl halides is 1.